The average molecular weight is 428 g/mol. The lowest BCUT2D eigenvalue weighted by molar-refractivity contribution is -0.384. The summed E-state index contributed by atoms with van der Waals surface area (Å²) in [6, 6.07) is 9.80. The molecule has 11 heteroatoms. The second-order valence-corrected chi connectivity index (χ2v) is 8.24. The average Bonchev–Trinajstić information content (AvgIpc) is 3.35. The van der Waals surface area contributed by atoms with Gasteiger partial charge in [-0.1, -0.05) is 30.0 Å². The van der Waals surface area contributed by atoms with Crippen molar-refractivity contribution in [1.29, 1.82) is 0 Å². The Morgan fingerprint density at radius 1 is 1.38 bits per heavy atom. The van der Waals surface area contributed by atoms with Crippen LogP contribution in [0.5, 0.6) is 0 Å². The van der Waals surface area contributed by atoms with Crippen molar-refractivity contribution in [2.75, 3.05) is 5.32 Å². The van der Waals surface area contributed by atoms with Crippen LogP contribution in [0.15, 0.2) is 58.2 Å². The number of thiophene rings is 1. The summed E-state index contributed by atoms with van der Waals surface area (Å²) >= 11 is 2.93. The number of aromatic nitrogens is 3. The number of fused-ring (bicyclic) bond motifs is 1. The smallest absolute Gasteiger partial charge is 0.269 e. The lowest BCUT2D eigenvalue weighted by Gasteiger charge is -2.26. The Hall–Kier alpha value is -3.18. The van der Waals surface area contributed by atoms with Crippen molar-refractivity contribution in [3.8, 4) is 0 Å². The zero-order valence-corrected chi connectivity index (χ0v) is 16.9. The molecule has 148 valence electrons. The molecule has 3 aromatic rings. The van der Waals surface area contributed by atoms with E-state index in [4.69, 9.17) is 5.73 Å². The number of hydrogen-bond donors (Lipinski definition) is 2. The third kappa shape index (κ3) is 3.74. The fourth-order valence-corrected chi connectivity index (χ4v) is 4.69. The van der Waals surface area contributed by atoms with Crippen LogP contribution in [0.3, 0.4) is 0 Å². The van der Waals surface area contributed by atoms with Gasteiger partial charge in [-0.3, -0.25) is 14.9 Å². The molecule has 0 bridgehead atoms. The predicted molar refractivity (Wildman–Crippen MR) is 111 cm³/mol. The molecule has 0 radical (unpaired) electrons. The van der Waals surface area contributed by atoms with Gasteiger partial charge in [0.25, 0.3) is 5.69 Å². The largest absolute Gasteiger partial charge is 0.366 e. The molecule has 1 atom stereocenters. The number of non-ortho nitro benzene ring substituents is 1. The van der Waals surface area contributed by atoms with Crippen molar-refractivity contribution < 1.29 is 9.72 Å². The molecule has 0 fully saturated rings. The minimum Gasteiger partial charge on any atom is -0.366 e. The summed E-state index contributed by atoms with van der Waals surface area (Å²) < 4.78 is 1.68. The van der Waals surface area contributed by atoms with Gasteiger partial charge in [-0.15, -0.1) is 16.4 Å². The lowest BCUT2D eigenvalue weighted by Crippen LogP contribution is -2.31. The number of primary amides is 1. The van der Waals surface area contributed by atoms with Crippen LogP contribution in [-0.4, -0.2) is 25.6 Å². The van der Waals surface area contributed by atoms with E-state index in [1.165, 1.54) is 35.2 Å². The van der Waals surface area contributed by atoms with Crippen molar-refractivity contribution in [2.24, 2.45) is 5.73 Å². The Morgan fingerprint density at radius 3 is 2.76 bits per heavy atom. The summed E-state index contributed by atoms with van der Waals surface area (Å²) in [4.78, 5) is 27.9. The summed E-state index contributed by atoms with van der Waals surface area (Å²) in [5, 5.41) is 20.9. The van der Waals surface area contributed by atoms with Gasteiger partial charge in [0, 0.05) is 28.5 Å². The molecule has 1 amide bonds. The minimum atomic E-state index is -0.505. The number of rotatable bonds is 6. The van der Waals surface area contributed by atoms with E-state index in [-0.39, 0.29) is 5.69 Å². The summed E-state index contributed by atoms with van der Waals surface area (Å²) in [7, 11) is 0. The van der Waals surface area contributed by atoms with Crippen LogP contribution < -0.4 is 11.1 Å². The van der Waals surface area contributed by atoms with Gasteiger partial charge in [-0.25, -0.2) is 4.68 Å². The molecular weight excluding hydrogens is 412 g/mol. The number of carbonyl (C=O) groups is 1. The number of benzene rings is 1. The number of nitrogens with one attached hydrogen (secondary N) is 1. The van der Waals surface area contributed by atoms with Crippen LogP contribution in [-0.2, 0) is 10.5 Å². The van der Waals surface area contributed by atoms with Gasteiger partial charge in [0.1, 0.15) is 6.04 Å². The highest BCUT2D eigenvalue weighted by molar-refractivity contribution is 7.98. The highest BCUT2D eigenvalue weighted by Crippen LogP contribution is 2.37. The number of thioether (sulfide) groups is 1. The molecule has 29 heavy (non-hydrogen) atoms. The molecule has 3 heterocycles. The van der Waals surface area contributed by atoms with Crippen molar-refractivity contribution in [3.05, 3.63) is 73.6 Å². The number of hydrogen-bond acceptors (Lipinski definition) is 8. The van der Waals surface area contributed by atoms with E-state index in [0.717, 1.165) is 10.4 Å². The van der Waals surface area contributed by atoms with Crippen LogP contribution in [0.2, 0.25) is 0 Å². The molecule has 1 aliphatic heterocycles. The summed E-state index contributed by atoms with van der Waals surface area (Å²) in [6.07, 6.45) is 0. The molecule has 9 nitrogen and oxygen atoms in total. The van der Waals surface area contributed by atoms with Crippen LogP contribution in [0.25, 0.3) is 0 Å². The second kappa shape index (κ2) is 7.68. The highest BCUT2D eigenvalue weighted by Gasteiger charge is 2.33. The predicted octanol–water partition coefficient (Wildman–Crippen LogP) is 3.31. The molecular formula is C18H16N6O3S2. The van der Waals surface area contributed by atoms with Gasteiger partial charge < -0.3 is 11.1 Å². The normalized spacial score (nSPS) is 15.7. The number of nitro benzene ring substituents is 1. The summed E-state index contributed by atoms with van der Waals surface area (Å²) in [6.45, 7) is 1.79. The first-order chi connectivity index (χ1) is 13.9. The molecule has 1 aliphatic rings. The molecule has 2 aromatic heterocycles. The van der Waals surface area contributed by atoms with Gasteiger partial charge >= 0.3 is 0 Å². The van der Waals surface area contributed by atoms with E-state index in [1.54, 1.807) is 23.7 Å². The van der Waals surface area contributed by atoms with Crippen molar-refractivity contribution in [3.63, 3.8) is 0 Å². The lowest BCUT2D eigenvalue weighted by atomic mass is 10.0. The van der Waals surface area contributed by atoms with Crippen LogP contribution in [0, 0.1) is 10.1 Å². The Bertz CT molecular complexity index is 1110. The van der Waals surface area contributed by atoms with Gasteiger partial charge in [0.2, 0.25) is 17.0 Å². The maximum atomic E-state index is 12.1. The van der Waals surface area contributed by atoms with E-state index in [2.05, 4.69) is 15.4 Å². The van der Waals surface area contributed by atoms with E-state index in [9.17, 15) is 14.9 Å². The maximum absolute atomic E-state index is 12.1. The van der Waals surface area contributed by atoms with Crippen molar-refractivity contribution >= 4 is 40.6 Å². The number of anilines is 1. The van der Waals surface area contributed by atoms with Crippen LogP contribution in [0.1, 0.15) is 23.4 Å². The minimum absolute atomic E-state index is 0.0536. The van der Waals surface area contributed by atoms with Gasteiger partial charge in [-0.2, -0.15) is 4.98 Å². The Balaban J connectivity index is 1.59. The molecule has 4 rings (SSSR count). The standard InChI is InChI=1S/C18H16N6O3S2/c1-10-14(16(19)25)15(13-3-2-8-28-13)23-17(20-10)21-18(22-23)29-9-11-4-6-12(7-5-11)24(26)27/h2-8,15H,9H2,1H3,(H2,19,25)(H,20,21,22). The van der Waals surface area contributed by atoms with Gasteiger partial charge in [0.15, 0.2) is 0 Å². The topological polar surface area (TPSA) is 129 Å². The summed E-state index contributed by atoms with van der Waals surface area (Å²) in [5.74, 6) is 0.590. The van der Waals surface area contributed by atoms with Crippen LogP contribution in [0.4, 0.5) is 11.6 Å². The molecule has 0 aliphatic carbocycles. The fraction of sp³-hybridized carbons (Fsp3) is 0.167. The first-order valence-electron chi connectivity index (χ1n) is 8.57. The highest BCUT2D eigenvalue weighted by atomic mass is 32.2. The van der Waals surface area contributed by atoms with E-state index in [0.29, 0.717) is 28.1 Å². The molecule has 0 spiro atoms. The zero-order chi connectivity index (χ0) is 20.5. The van der Waals surface area contributed by atoms with E-state index >= 15 is 0 Å². The van der Waals surface area contributed by atoms with Gasteiger partial charge in [0.05, 0.1) is 10.5 Å². The third-order valence-electron chi connectivity index (χ3n) is 4.43. The number of nitro groups is 1. The second-order valence-electron chi connectivity index (χ2n) is 6.32. The Kier molecular flexibility index (Phi) is 5.07. The quantitative estimate of drug-likeness (QED) is 0.350. The SMILES string of the molecule is CC1=C(C(N)=O)C(c2cccs2)n2nc(SCc3ccc([N+](=O)[O-])cc3)nc2N1. The van der Waals surface area contributed by atoms with Crippen molar-refractivity contribution in [1.82, 2.24) is 14.8 Å². The zero-order valence-electron chi connectivity index (χ0n) is 15.2. The molecule has 1 unspecified atom stereocenters. The van der Waals surface area contributed by atoms with Crippen molar-refractivity contribution in [2.45, 2.75) is 23.9 Å². The number of nitrogens with zero attached hydrogens (tertiary/aromatic N) is 4. The number of allylic oxidation sites excluding steroid dienone is 1. The van der Waals surface area contributed by atoms with Crippen LogP contribution >= 0.6 is 23.1 Å². The third-order valence-corrected chi connectivity index (χ3v) is 6.26. The van der Waals surface area contributed by atoms with E-state index in [1.807, 2.05) is 17.5 Å². The van der Waals surface area contributed by atoms with Gasteiger partial charge in [-0.05, 0) is 23.9 Å². The van der Waals surface area contributed by atoms with E-state index < -0.39 is 16.9 Å². The molecule has 3 N–H and O–H groups in total. The first kappa shape index (κ1) is 19.2. The Labute approximate surface area is 173 Å². The molecule has 0 saturated heterocycles. The summed E-state index contributed by atoms with van der Waals surface area (Å²) in [5.41, 5.74) is 7.72. The fourth-order valence-electron chi connectivity index (χ4n) is 3.08. The number of nitrogens with two attached hydrogens (primary N) is 1. The molecule has 0 saturated carbocycles. The first-order valence-corrected chi connectivity index (χ1v) is 10.4. The number of amides is 1. The maximum Gasteiger partial charge on any atom is 0.269 e. The molecule has 1 aromatic carbocycles. The Morgan fingerprint density at radius 2 is 2.14 bits per heavy atom. The monoisotopic (exact) mass is 428 g/mol. The number of carbonyl (C=O) groups excluding carboxylic acids is 1.